The van der Waals surface area contributed by atoms with Gasteiger partial charge < -0.3 is 15.2 Å². The SMILES string of the molecule is C/C=C/C(=O)Oc1ccc(C(=O)C(N)C(C)(C)C)cc1OC(=O)/C=C/C. The Morgan fingerprint density at radius 1 is 0.962 bits per heavy atom. The molecule has 0 aliphatic rings. The third-order valence-electron chi connectivity index (χ3n) is 3.47. The summed E-state index contributed by atoms with van der Waals surface area (Å²) in [4.78, 5) is 36.1. The van der Waals surface area contributed by atoms with E-state index in [9.17, 15) is 14.4 Å². The summed E-state index contributed by atoms with van der Waals surface area (Å²) in [6.45, 7) is 8.90. The molecule has 0 radical (unpaired) electrons. The molecule has 0 spiro atoms. The van der Waals surface area contributed by atoms with E-state index in [1.165, 1.54) is 42.5 Å². The van der Waals surface area contributed by atoms with Crippen LogP contribution in [0.4, 0.5) is 0 Å². The van der Waals surface area contributed by atoms with E-state index in [1.54, 1.807) is 13.8 Å². The van der Waals surface area contributed by atoms with Crippen LogP contribution in [0.1, 0.15) is 45.0 Å². The van der Waals surface area contributed by atoms with Gasteiger partial charge in [0.25, 0.3) is 0 Å². The summed E-state index contributed by atoms with van der Waals surface area (Å²) in [6.07, 6.45) is 5.48. The summed E-state index contributed by atoms with van der Waals surface area (Å²) in [7, 11) is 0. The summed E-state index contributed by atoms with van der Waals surface area (Å²) in [6, 6.07) is 3.51. The van der Waals surface area contributed by atoms with Crippen molar-refractivity contribution in [3.05, 3.63) is 48.1 Å². The van der Waals surface area contributed by atoms with Gasteiger partial charge in [-0.25, -0.2) is 9.59 Å². The van der Waals surface area contributed by atoms with Crippen LogP contribution in [0.5, 0.6) is 11.5 Å². The van der Waals surface area contributed by atoms with Gasteiger partial charge in [0, 0.05) is 17.7 Å². The predicted octanol–water partition coefficient (Wildman–Crippen LogP) is 3.21. The van der Waals surface area contributed by atoms with E-state index in [-0.39, 0.29) is 22.8 Å². The Bertz CT molecular complexity index is 741. The third kappa shape index (κ3) is 5.97. The van der Waals surface area contributed by atoms with Gasteiger partial charge in [0.1, 0.15) is 0 Å². The van der Waals surface area contributed by atoms with Crippen LogP contribution in [0.25, 0.3) is 0 Å². The Morgan fingerprint density at radius 3 is 1.92 bits per heavy atom. The van der Waals surface area contributed by atoms with Crippen molar-refractivity contribution >= 4 is 17.7 Å². The molecule has 1 atom stereocenters. The minimum absolute atomic E-state index is 0.0297. The molecule has 6 nitrogen and oxygen atoms in total. The van der Waals surface area contributed by atoms with Gasteiger partial charge in [0.05, 0.1) is 6.04 Å². The summed E-state index contributed by atoms with van der Waals surface area (Å²) >= 11 is 0. The average molecular weight is 359 g/mol. The molecule has 0 saturated heterocycles. The van der Waals surface area contributed by atoms with Crippen LogP contribution in [0.3, 0.4) is 0 Å². The van der Waals surface area contributed by atoms with Gasteiger partial charge in [-0.05, 0) is 37.5 Å². The molecule has 1 rings (SSSR count). The molecule has 0 aromatic heterocycles. The first-order chi connectivity index (χ1) is 12.1. The largest absolute Gasteiger partial charge is 0.419 e. The second kappa shape index (κ2) is 9.10. The van der Waals surface area contributed by atoms with Gasteiger partial charge in [-0.3, -0.25) is 4.79 Å². The number of nitrogens with two attached hydrogens (primary N) is 1. The van der Waals surface area contributed by atoms with Crippen LogP contribution in [-0.4, -0.2) is 23.8 Å². The standard InChI is InChI=1S/C20H25NO5/c1-6-8-16(22)25-14-11-10-13(18(24)19(21)20(3,4)5)12-15(14)26-17(23)9-7-2/h6-12,19H,21H2,1-5H3/b8-6+,9-7+. The Hall–Kier alpha value is -2.73. The van der Waals surface area contributed by atoms with Crippen molar-refractivity contribution in [1.29, 1.82) is 0 Å². The number of ether oxygens (including phenoxy) is 2. The van der Waals surface area contributed by atoms with Crippen LogP contribution >= 0.6 is 0 Å². The lowest BCUT2D eigenvalue weighted by Gasteiger charge is -2.25. The van der Waals surface area contributed by atoms with Gasteiger partial charge in [-0.15, -0.1) is 0 Å². The molecule has 2 N–H and O–H groups in total. The molecule has 0 aliphatic heterocycles. The molecule has 0 fully saturated rings. The van der Waals surface area contributed by atoms with Crippen molar-refractivity contribution < 1.29 is 23.9 Å². The number of carbonyl (C=O) groups excluding carboxylic acids is 3. The Morgan fingerprint density at radius 2 is 1.46 bits per heavy atom. The predicted molar refractivity (Wildman–Crippen MR) is 99.1 cm³/mol. The summed E-state index contributed by atoms with van der Waals surface area (Å²) in [5.41, 5.74) is 5.85. The van der Waals surface area contributed by atoms with Gasteiger partial charge in [0.2, 0.25) is 0 Å². The Labute approximate surface area is 153 Å². The topological polar surface area (TPSA) is 95.7 Å². The zero-order valence-corrected chi connectivity index (χ0v) is 15.7. The highest BCUT2D eigenvalue weighted by Crippen LogP contribution is 2.31. The van der Waals surface area contributed by atoms with Gasteiger partial charge >= 0.3 is 11.9 Å². The fraction of sp³-hybridized carbons (Fsp3) is 0.350. The van der Waals surface area contributed by atoms with E-state index < -0.39 is 23.4 Å². The van der Waals surface area contributed by atoms with Gasteiger partial charge in [0.15, 0.2) is 17.3 Å². The van der Waals surface area contributed by atoms with Crippen molar-refractivity contribution in [2.45, 2.75) is 40.7 Å². The fourth-order valence-corrected chi connectivity index (χ4v) is 1.96. The highest BCUT2D eigenvalue weighted by Gasteiger charge is 2.29. The summed E-state index contributed by atoms with van der Waals surface area (Å²) in [5.74, 6) is -1.57. The number of benzene rings is 1. The first-order valence-electron chi connectivity index (χ1n) is 8.23. The number of hydrogen-bond donors (Lipinski definition) is 1. The molecular formula is C20H25NO5. The quantitative estimate of drug-likeness (QED) is 0.363. The molecule has 0 bridgehead atoms. The van der Waals surface area contributed by atoms with E-state index in [2.05, 4.69) is 0 Å². The fourth-order valence-electron chi connectivity index (χ4n) is 1.96. The second-order valence-electron chi connectivity index (χ2n) is 6.71. The van der Waals surface area contributed by atoms with E-state index in [0.29, 0.717) is 0 Å². The number of esters is 2. The Kier molecular flexibility index (Phi) is 7.46. The van der Waals surface area contributed by atoms with Crippen molar-refractivity contribution in [3.8, 4) is 11.5 Å². The van der Waals surface area contributed by atoms with Crippen molar-refractivity contribution in [2.75, 3.05) is 0 Å². The highest BCUT2D eigenvalue weighted by atomic mass is 16.6. The molecule has 140 valence electrons. The number of Topliss-reactive ketones (excluding diaryl/α,β-unsaturated/α-hetero) is 1. The molecule has 6 heteroatoms. The zero-order valence-electron chi connectivity index (χ0n) is 15.7. The maximum atomic E-state index is 12.6. The smallest absolute Gasteiger partial charge is 0.335 e. The molecule has 1 aromatic carbocycles. The van der Waals surface area contributed by atoms with E-state index in [4.69, 9.17) is 15.2 Å². The maximum absolute atomic E-state index is 12.6. The molecule has 1 unspecified atom stereocenters. The minimum Gasteiger partial charge on any atom is -0.419 e. The third-order valence-corrected chi connectivity index (χ3v) is 3.47. The van der Waals surface area contributed by atoms with Crippen molar-refractivity contribution in [3.63, 3.8) is 0 Å². The van der Waals surface area contributed by atoms with Crippen LogP contribution in [-0.2, 0) is 9.59 Å². The van der Waals surface area contributed by atoms with Crippen LogP contribution in [0.2, 0.25) is 0 Å². The van der Waals surface area contributed by atoms with Gasteiger partial charge in [-0.2, -0.15) is 0 Å². The Balaban J connectivity index is 3.26. The number of allylic oxidation sites excluding steroid dienone is 2. The van der Waals surface area contributed by atoms with Crippen molar-refractivity contribution in [2.24, 2.45) is 11.1 Å². The first kappa shape index (κ1) is 21.3. The van der Waals surface area contributed by atoms with Crippen molar-refractivity contribution in [1.82, 2.24) is 0 Å². The molecular weight excluding hydrogens is 334 g/mol. The maximum Gasteiger partial charge on any atom is 0.335 e. The molecule has 0 amide bonds. The molecule has 0 aliphatic carbocycles. The zero-order chi connectivity index (χ0) is 19.9. The average Bonchev–Trinajstić information content (AvgIpc) is 2.54. The normalized spacial score (nSPS) is 13.0. The minimum atomic E-state index is -0.738. The van der Waals surface area contributed by atoms with E-state index in [1.807, 2.05) is 20.8 Å². The number of rotatable bonds is 6. The number of ketones is 1. The lowest BCUT2D eigenvalue weighted by atomic mass is 9.83. The summed E-state index contributed by atoms with van der Waals surface area (Å²) < 4.78 is 10.4. The van der Waals surface area contributed by atoms with Crippen LogP contribution in [0.15, 0.2) is 42.5 Å². The number of carbonyl (C=O) groups is 3. The molecule has 26 heavy (non-hydrogen) atoms. The van der Waals surface area contributed by atoms with Crippen LogP contribution < -0.4 is 15.2 Å². The molecule has 0 heterocycles. The monoisotopic (exact) mass is 359 g/mol. The molecule has 1 aromatic rings. The lowest BCUT2D eigenvalue weighted by Crippen LogP contribution is -2.42. The van der Waals surface area contributed by atoms with Gasteiger partial charge in [-0.1, -0.05) is 32.9 Å². The number of hydrogen-bond acceptors (Lipinski definition) is 6. The first-order valence-corrected chi connectivity index (χ1v) is 8.23. The highest BCUT2D eigenvalue weighted by molar-refractivity contribution is 6.01. The van der Waals surface area contributed by atoms with E-state index >= 15 is 0 Å². The molecule has 0 saturated carbocycles. The second-order valence-corrected chi connectivity index (χ2v) is 6.71. The lowest BCUT2D eigenvalue weighted by molar-refractivity contribution is -0.131. The van der Waals surface area contributed by atoms with E-state index in [0.717, 1.165) is 0 Å². The van der Waals surface area contributed by atoms with Crippen LogP contribution in [0, 0.1) is 5.41 Å². The summed E-state index contributed by atoms with van der Waals surface area (Å²) in [5, 5.41) is 0.